The fraction of sp³-hybridized carbons (Fsp3) is 0.294. The predicted octanol–water partition coefficient (Wildman–Crippen LogP) is 1.59. The van der Waals surface area contributed by atoms with Crippen LogP contribution in [0.1, 0.15) is 29.6 Å². The summed E-state index contributed by atoms with van der Waals surface area (Å²) in [5, 5.41) is 2.78. The topological polar surface area (TPSA) is 77.1 Å². The van der Waals surface area contributed by atoms with Crippen LogP contribution in [0.3, 0.4) is 0 Å². The molecule has 1 aliphatic rings. The summed E-state index contributed by atoms with van der Waals surface area (Å²) in [4.78, 5) is 24.0. The van der Waals surface area contributed by atoms with Gasteiger partial charge in [0.1, 0.15) is 5.82 Å². The van der Waals surface area contributed by atoms with Crippen molar-refractivity contribution in [2.24, 2.45) is 5.73 Å². The van der Waals surface area contributed by atoms with Crippen molar-refractivity contribution in [3.05, 3.63) is 64.3 Å². The molecule has 1 aromatic heterocycles. The van der Waals surface area contributed by atoms with Crippen LogP contribution >= 0.6 is 0 Å². The fourth-order valence-electron chi connectivity index (χ4n) is 2.89. The third kappa shape index (κ3) is 3.17. The van der Waals surface area contributed by atoms with Crippen molar-refractivity contribution in [2.75, 3.05) is 0 Å². The van der Waals surface area contributed by atoms with Crippen LogP contribution in [0.5, 0.6) is 0 Å². The fourth-order valence-corrected chi connectivity index (χ4v) is 2.89. The molecule has 0 aliphatic heterocycles. The summed E-state index contributed by atoms with van der Waals surface area (Å²) in [5.41, 5.74) is 5.98. The molecular weight excluding hydrogens is 297 g/mol. The molecule has 1 heterocycles. The molecule has 1 aromatic carbocycles. The minimum absolute atomic E-state index is 0.0446. The van der Waals surface area contributed by atoms with Crippen LogP contribution < -0.4 is 16.6 Å². The van der Waals surface area contributed by atoms with Crippen LogP contribution in [0, 0.1) is 5.82 Å². The number of hydrogen-bond donors (Lipinski definition) is 2. The molecule has 3 rings (SSSR count). The van der Waals surface area contributed by atoms with Crippen molar-refractivity contribution >= 4 is 5.91 Å². The van der Waals surface area contributed by atoms with E-state index in [0.717, 1.165) is 19.3 Å². The number of hydrogen-bond acceptors (Lipinski definition) is 3. The van der Waals surface area contributed by atoms with Crippen molar-refractivity contribution in [1.82, 2.24) is 9.88 Å². The highest BCUT2D eigenvalue weighted by Crippen LogP contribution is 2.19. The zero-order valence-electron chi connectivity index (χ0n) is 12.5. The van der Waals surface area contributed by atoms with Crippen molar-refractivity contribution in [2.45, 2.75) is 31.3 Å². The number of rotatable bonds is 3. The van der Waals surface area contributed by atoms with Gasteiger partial charge in [0.2, 0.25) is 0 Å². The van der Waals surface area contributed by atoms with E-state index in [1.54, 1.807) is 24.4 Å². The summed E-state index contributed by atoms with van der Waals surface area (Å²) in [6.45, 7) is 0. The van der Waals surface area contributed by atoms with E-state index in [1.807, 2.05) is 0 Å². The number of pyridine rings is 1. The van der Waals surface area contributed by atoms with Gasteiger partial charge in [-0.25, -0.2) is 4.39 Å². The lowest BCUT2D eigenvalue weighted by molar-refractivity contribution is 0.0930. The number of nitrogens with two attached hydrogens (primary N) is 1. The second-order valence-corrected chi connectivity index (χ2v) is 5.75. The first-order valence-corrected chi connectivity index (χ1v) is 7.60. The summed E-state index contributed by atoms with van der Waals surface area (Å²) in [5.74, 6) is -1.14. The molecule has 0 saturated heterocycles. The maximum atomic E-state index is 14.3. The smallest absolute Gasteiger partial charge is 0.255 e. The first-order chi connectivity index (χ1) is 11.1. The highest BCUT2D eigenvalue weighted by molar-refractivity contribution is 5.95. The van der Waals surface area contributed by atoms with Gasteiger partial charge in [0, 0.05) is 24.3 Å². The molecule has 2 unspecified atom stereocenters. The van der Waals surface area contributed by atoms with Crippen molar-refractivity contribution < 1.29 is 9.18 Å². The Balaban J connectivity index is 1.83. The molecule has 3 N–H and O–H groups in total. The molecule has 1 fully saturated rings. The predicted molar refractivity (Wildman–Crippen MR) is 85.1 cm³/mol. The van der Waals surface area contributed by atoms with Crippen molar-refractivity contribution in [1.29, 1.82) is 0 Å². The molecule has 2 atom stereocenters. The standard InChI is InChI=1S/C17H18FN3O2/c18-13-10-11(21-9-2-1-6-16(21)22)7-8-12(13)17(23)20-15-5-3-4-14(15)19/h1-2,6-10,14-15H,3-5,19H2,(H,20,23). The van der Waals surface area contributed by atoms with E-state index in [2.05, 4.69) is 5.32 Å². The van der Waals surface area contributed by atoms with Crippen LogP contribution in [0.2, 0.25) is 0 Å². The molecule has 1 saturated carbocycles. The maximum absolute atomic E-state index is 14.3. The van der Waals surface area contributed by atoms with Gasteiger partial charge in [-0.3, -0.25) is 14.2 Å². The molecule has 120 valence electrons. The number of carbonyl (C=O) groups is 1. The van der Waals surface area contributed by atoms with Gasteiger partial charge in [0.25, 0.3) is 11.5 Å². The second kappa shape index (κ2) is 6.34. The molecular formula is C17H18FN3O2. The monoisotopic (exact) mass is 315 g/mol. The largest absolute Gasteiger partial charge is 0.348 e. The van der Waals surface area contributed by atoms with Gasteiger partial charge in [-0.05, 0) is 43.5 Å². The second-order valence-electron chi connectivity index (χ2n) is 5.75. The number of halogens is 1. The highest BCUT2D eigenvalue weighted by Gasteiger charge is 2.26. The average Bonchev–Trinajstić information content (AvgIpc) is 2.92. The molecule has 0 bridgehead atoms. The Morgan fingerprint density at radius 1 is 1.26 bits per heavy atom. The number of amides is 1. The number of nitrogens with zero attached hydrogens (tertiary/aromatic N) is 1. The Bertz CT molecular complexity index is 787. The molecule has 5 nitrogen and oxygen atoms in total. The Labute approximate surface area is 132 Å². The van der Waals surface area contributed by atoms with Crippen LogP contribution in [-0.4, -0.2) is 22.6 Å². The lowest BCUT2D eigenvalue weighted by Gasteiger charge is -2.17. The SMILES string of the molecule is NC1CCCC1NC(=O)c1ccc(-n2ccccc2=O)cc1F. The molecule has 0 spiro atoms. The third-order valence-electron chi connectivity index (χ3n) is 4.18. The average molecular weight is 315 g/mol. The van der Waals surface area contributed by atoms with E-state index in [-0.39, 0.29) is 23.2 Å². The van der Waals surface area contributed by atoms with Gasteiger partial charge in [0.15, 0.2) is 0 Å². The zero-order chi connectivity index (χ0) is 16.4. The van der Waals surface area contributed by atoms with Gasteiger partial charge < -0.3 is 11.1 Å². The lowest BCUT2D eigenvalue weighted by atomic mass is 10.1. The molecule has 23 heavy (non-hydrogen) atoms. The number of benzene rings is 1. The van der Waals surface area contributed by atoms with Crippen LogP contribution in [0.4, 0.5) is 4.39 Å². The zero-order valence-corrected chi connectivity index (χ0v) is 12.5. The van der Waals surface area contributed by atoms with Crippen LogP contribution in [0.15, 0.2) is 47.4 Å². The minimum atomic E-state index is -0.665. The Morgan fingerprint density at radius 2 is 2.09 bits per heavy atom. The van der Waals surface area contributed by atoms with Gasteiger partial charge in [0.05, 0.1) is 11.3 Å². The van der Waals surface area contributed by atoms with Crippen LogP contribution in [0.25, 0.3) is 5.69 Å². The van der Waals surface area contributed by atoms with E-state index in [1.165, 1.54) is 22.8 Å². The summed E-state index contributed by atoms with van der Waals surface area (Å²) >= 11 is 0. The normalized spacial score (nSPS) is 20.4. The molecule has 0 radical (unpaired) electrons. The summed E-state index contributed by atoms with van der Waals surface area (Å²) in [6, 6.07) is 8.62. The quantitative estimate of drug-likeness (QED) is 0.903. The van der Waals surface area contributed by atoms with E-state index in [4.69, 9.17) is 5.73 Å². The van der Waals surface area contributed by atoms with Gasteiger partial charge >= 0.3 is 0 Å². The summed E-state index contributed by atoms with van der Waals surface area (Å²) in [7, 11) is 0. The van der Waals surface area contributed by atoms with Crippen molar-refractivity contribution in [3.8, 4) is 5.69 Å². The van der Waals surface area contributed by atoms with E-state index in [9.17, 15) is 14.0 Å². The number of carbonyl (C=O) groups excluding carboxylic acids is 1. The summed E-state index contributed by atoms with van der Waals surface area (Å²) < 4.78 is 15.6. The first-order valence-electron chi connectivity index (χ1n) is 7.60. The van der Waals surface area contributed by atoms with Gasteiger partial charge in [-0.1, -0.05) is 6.07 Å². The van der Waals surface area contributed by atoms with E-state index in [0.29, 0.717) is 5.69 Å². The van der Waals surface area contributed by atoms with Crippen LogP contribution in [-0.2, 0) is 0 Å². The third-order valence-corrected chi connectivity index (χ3v) is 4.18. The van der Waals surface area contributed by atoms with Crippen molar-refractivity contribution in [3.63, 3.8) is 0 Å². The summed E-state index contributed by atoms with van der Waals surface area (Å²) in [6.07, 6.45) is 4.19. The lowest BCUT2D eigenvalue weighted by Crippen LogP contribution is -2.44. The van der Waals surface area contributed by atoms with E-state index >= 15 is 0 Å². The molecule has 2 aromatic rings. The first kappa shape index (κ1) is 15.4. The number of nitrogens with one attached hydrogen (secondary N) is 1. The Hall–Kier alpha value is -2.47. The van der Waals surface area contributed by atoms with Gasteiger partial charge in [-0.15, -0.1) is 0 Å². The van der Waals surface area contributed by atoms with Gasteiger partial charge in [-0.2, -0.15) is 0 Å². The molecule has 6 heteroatoms. The Morgan fingerprint density at radius 3 is 2.74 bits per heavy atom. The maximum Gasteiger partial charge on any atom is 0.255 e. The minimum Gasteiger partial charge on any atom is -0.348 e. The van der Waals surface area contributed by atoms with E-state index < -0.39 is 11.7 Å². The molecule has 1 amide bonds. The highest BCUT2D eigenvalue weighted by atomic mass is 19.1. The Kier molecular flexibility index (Phi) is 4.25. The number of aromatic nitrogens is 1. The molecule has 1 aliphatic carbocycles.